The Kier molecular flexibility index (Phi) is 16.3. The molecule has 0 saturated heterocycles. The zero-order valence-electron chi connectivity index (χ0n) is 18.2. The average Bonchev–Trinajstić information content (AvgIpc) is 2.73. The SMILES string of the molecule is CCCCCCCCCCCCCCC[C@@H](OCc1ccccc1)[C@H](O)CO. The predicted molar refractivity (Wildman–Crippen MR) is 118 cm³/mol. The first kappa shape index (κ1) is 25.1. The fraction of sp³-hybridized carbons (Fsp3) is 0.760. The summed E-state index contributed by atoms with van der Waals surface area (Å²) in [4.78, 5) is 0. The number of hydrogen-bond donors (Lipinski definition) is 2. The van der Waals surface area contributed by atoms with Gasteiger partial charge in [0.1, 0.15) is 6.10 Å². The second-order valence-electron chi connectivity index (χ2n) is 8.12. The second kappa shape index (κ2) is 18.1. The van der Waals surface area contributed by atoms with Crippen molar-refractivity contribution in [2.24, 2.45) is 0 Å². The van der Waals surface area contributed by atoms with Gasteiger partial charge in [0.25, 0.3) is 0 Å². The molecule has 3 heteroatoms. The van der Waals surface area contributed by atoms with Crippen molar-refractivity contribution in [1.82, 2.24) is 0 Å². The molecule has 0 amide bonds. The third kappa shape index (κ3) is 13.3. The summed E-state index contributed by atoms with van der Waals surface area (Å²) in [6.45, 7) is 2.52. The summed E-state index contributed by atoms with van der Waals surface area (Å²) in [7, 11) is 0. The second-order valence-corrected chi connectivity index (χ2v) is 8.12. The van der Waals surface area contributed by atoms with Gasteiger partial charge in [0.05, 0.1) is 19.3 Å². The highest BCUT2D eigenvalue weighted by atomic mass is 16.5. The molecule has 0 heterocycles. The van der Waals surface area contributed by atoms with Gasteiger partial charge in [0, 0.05) is 0 Å². The van der Waals surface area contributed by atoms with Crippen LogP contribution in [0.4, 0.5) is 0 Å². The van der Waals surface area contributed by atoms with Crippen LogP contribution in [0.2, 0.25) is 0 Å². The van der Waals surface area contributed by atoms with Crippen molar-refractivity contribution in [2.45, 2.75) is 116 Å². The summed E-state index contributed by atoms with van der Waals surface area (Å²) in [6.07, 6.45) is 17.0. The smallest absolute Gasteiger partial charge is 0.103 e. The number of benzene rings is 1. The molecule has 0 fully saturated rings. The van der Waals surface area contributed by atoms with Gasteiger partial charge in [-0.15, -0.1) is 0 Å². The van der Waals surface area contributed by atoms with Crippen molar-refractivity contribution >= 4 is 0 Å². The quantitative estimate of drug-likeness (QED) is 0.268. The summed E-state index contributed by atoms with van der Waals surface area (Å²) >= 11 is 0. The van der Waals surface area contributed by atoms with Crippen LogP contribution in [0, 0.1) is 0 Å². The van der Waals surface area contributed by atoms with Gasteiger partial charge in [-0.25, -0.2) is 0 Å². The molecule has 162 valence electrons. The maximum atomic E-state index is 10.0. The van der Waals surface area contributed by atoms with E-state index in [0.29, 0.717) is 6.61 Å². The van der Waals surface area contributed by atoms with E-state index in [2.05, 4.69) is 6.92 Å². The van der Waals surface area contributed by atoms with Crippen molar-refractivity contribution in [3.8, 4) is 0 Å². The lowest BCUT2D eigenvalue weighted by Crippen LogP contribution is -2.32. The molecule has 0 unspecified atom stereocenters. The van der Waals surface area contributed by atoms with Gasteiger partial charge in [0.2, 0.25) is 0 Å². The van der Waals surface area contributed by atoms with Crippen LogP contribution < -0.4 is 0 Å². The number of hydrogen-bond acceptors (Lipinski definition) is 3. The standard InChI is InChI=1S/C25H44O3/c1-2-3-4-5-6-7-8-9-10-11-12-13-17-20-25(24(27)21-26)28-22-23-18-15-14-16-19-23/h14-16,18-19,24-27H,2-13,17,20-22H2,1H3/t24-,25-/m1/s1. The fourth-order valence-electron chi connectivity index (χ4n) is 3.65. The molecule has 0 spiro atoms. The number of rotatable bonds is 19. The van der Waals surface area contributed by atoms with Crippen LogP contribution in [0.25, 0.3) is 0 Å². The van der Waals surface area contributed by atoms with E-state index < -0.39 is 6.10 Å². The lowest BCUT2D eigenvalue weighted by molar-refractivity contribution is -0.0691. The van der Waals surface area contributed by atoms with E-state index in [1.807, 2.05) is 30.3 Å². The van der Waals surface area contributed by atoms with E-state index in [0.717, 1.165) is 18.4 Å². The maximum absolute atomic E-state index is 10.0. The monoisotopic (exact) mass is 392 g/mol. The van der Waals surface area contributed by atoms with E-state index in [9.17, 15) is 10.2 Å². The minimum Gasteiger partial charge on any atom is -0.394 e. The maximum Gasteiger partial charge on any atom is 0.103 e. The van der Waals surface area contributed by atoms with Crippen molar-refractivity contribution in [1.29, 1.82) is 0 Å². The van der Waals surface area contributed by atoms with Gasteiger partial charge in [-0.1, -0.05) is 121 Å². The molecule has 1 aromatic rings. The molecule has 0 bridgehead atoms. The first-order chi connectivity index (χ1) is 13.8. The topological polar surface area (TPSA) is 49.7 Å². The van der Waals surface area contributed by atoms with Gasteiger partial charge in [0.15, 0.2) is 0 Å². The average molecular weight is 393 g/mol. The van der Waals surface area contributed by atoms with Crippen LogP contribution >= 0.6 is 0 Å². The summed E-state index contributed by atoms with van der Waals surface area (Å²) in [6, 6.07) is 10.0. The van der Waals surface area contributed by atoms with Gasteiger partial charge in [-0.3, -0.25) is 0 Å². The minimum absolute atomic E-state index is 0.238. The van der Waals surface area contributed by atoms with Crippen LogP contribution in [-0.2, 0) is 11.3 Å². The van der Waals surface area contributed by atoms with Gasteiger partial charge >= 0.3 is 0 Å². The molecule has 28 heavy (non-hydrogen) atoms. The molecule has 2 N–H and O–H groups in total. The highest BCUT2D eigenvalue weighted by Gasteiger charge is 2.18. The van der Waals surface area contributed by atoms with Crippen molar-refractivity contribution in [2.75, 3.05) is 6.61 Å². The molecule has 0 aliphatic rings. The Bertz CT molecular complexity index is 435. The van der Waals surface area contributed by atoms with Crippen LogP contribution in [-0.4, -0.2) is 29.0 Å². The van der Waals surface area contributed by atoms with E-state index in [1.165, 1.54) is 77.0 Å². The molecule has 0 saturated carbocycles. The van der Waals surface area contributed by atoms with Gasteiger partial charge in [-0.2, -0.15) is 0 Å². The Hall–Kier alpha value is -0.900. The van der Waals surface area contributed by atoms with E-state index >= 15 is 0 Å². The summed E-state index contributed by atoms with van der Waals surface area (Å²) in [5, 5.41) is 19.3. The molecular weight excluding hydrogens is 348 g/mol. The molecule has 2 atom stereocenters. The van der Waals surface area contributed by atoms with Crippen LogP contribution in [0.1, 0.15) is 102 Å². The van der Waals surface area contributed by atoms with Crippen LogP contribution in [0.15, 0.2) is 30.3 Å². The molecular formula is C25H44O3. The third-order valence-corrected chi connectivity index (χ3v) is 5.52. The number of aliphatic hydroxyl groups is 2. The lowest BCUT2D eigenvalue weighted by Gasteiger charge is -2.22. The zero-order valence-corrected chi connectivity index (χ0v) is 18.2. The molecule has 1 rings (SSSR count). The van der Waals surface area contributed by atoms with Crippen molar-refractivity contribution in [3.63, 3.8) is 0 Å². The van der Waals surface area contributed by atoms with Gasteiger partial charge < -0.3 is 14.9 Å². The Morgan fingerprint density at radius 3 is 1.75 bits per heavy atom. The molecule has 3 nitrogen and oxygen atoms in total. The Morgan fingerprint density at radius 1 is 0.750 bits per heavy atom. The number of unbranched alkanes of at least 4 members (excludes halogenated alkanes) is 12. The van der Waals surface area contributed by atoms with Gasteiger partial charge in [-0.05, 0) is 12.0 Å². The van der Waals surface area contributed by atoms with Crippen molar-refractivity contribution in [3.05, 3.63) is 35.9 Å². The summed E-state index contributed by atoms with van der Waals surface area (Å²) in [5.74, 6) is 0. The summed E-state index contributed by atoms with van der Waals surface area (Å²) < 4.78 is 5.88. The van der Waals surface area contributed by atoms with Crippen LogP contribution in [0.3, 0.4) is 0 Å². The summed E-state index contributed by atoms with van der Waals surface area (Å²) in [5.41, 5.74) is 1.10. The molecule has 0 aromatic heterocycles. The fourth-order valence-corrected chi connectivity index (χ4v) is 3.65. The van der Waals surface area contributed by atoms with E-state index in [1.54, 1.807) is 0 Å². The molecule has 0 aliphatic heterocycles. The first-order valence-electron chi connectivity index (χ1n) is 11.7. The third-order valence-electron chi connectivity index (χ3n) is 5.52. The highest BCUT2D eigenvalue weighted by molar-refractivity contribution is 5.13. The molecule has 1 aromatic carbocycles. The predicted octanol–water partition coefficient (Wildman–Crippen LogP) is 6.41. The zero-order chi connectivity index (χ0) is 20.3. The van der Waals surface area contributed by atoms with Crippen molar-refractivity contribution < 1.29 is 14.9 Å². The minimum atomic E-state index is -0.791. The van der Waals surface area contributed by atoms with E-state index in [4.69, 9.17) is 4.74 Å². The normalized spacial score (nSPS) is 13.5. The highest BCUT2D eigenvalue weighted by Crippen LogP contribution is 2.16. The number of ether oxygens (including phenoxy) is 1. The largest absolute Gasteiger partial charge is 0.394 e. The van der Waals surface area contributed by atoms with E-state index in [-0.39, 0.29) is 12.7 Å². The lowest BCUT2D eigenvalue weighted by atomic mass is 10.0. The number of aliphatic hydroxyl groups excluding tert-OH is 2. The van der Waals surface area contributed by atoms with Crippen LogP contribution in [0.5, 0.6) is 0 Å². The Balaban J connectivity index is 2.00. The molecule has 0 radical (unpaired) electrons. The Morgan fingerprint density at radius 2 is 1.25 bits per heavy atom. The Labute approximate surface area is 173 Å². The molecule has 0 aliphatic carbocycles. The first-order valence-corrected chi connectivity index (χ1v) is 11.7.